The van der Waals surface area contributed by atoms with E-state index in [1.807, 2.05) is 0 Å². The van der Waals surface area contributed by atoms with E-state index in [0.717, 1.165) is 0 Å². The number of hydrogen-bond acceptors (Lipinski definition) is 6. The summed E-state index contributed by atoms with van der Waals surface area (Å²) < 4.78 is 37.8. The van der Waals surface area contributed by atoms with Crippen LogP contribution in [0.2, 0.25) is 0 Å². The fourth-order valence-electron chi connectivity index (χ4n) is 3.12. The molecule has 0 aliphatic carbocycles. The van der Waals surface area contributed by atoms with Crippen LogP contribution < -0.4 is 24.4 Å². The number of methoxy groups -OCH3 is 1. The molecule has 0 saturated heterocycles. The quantitative estimate of drug-likeness (QED) is 0.464. The van der Waals surface area contributed by atoms with Crippen molar-refractivity contribution < 1.29 is 27.5 Å². The van der Waals surface area contributed by atoms with Crippen LogP contribution in [0.5, 0.6) is 11.5 Å². The van der Waals surface area contributed by atoms with Crippen molar-refractivity contribution in [3.05, 3.63) is 72.8 Å². The maximum absolute atomic E-state index is 12.9. The van der Waals surface area contributed by atoms with Gasteiger partial charge in [-0.2, -0.15) is 0 Å². The van der Waals surface area contributed by atoms with Gasteiger partial charge in [0.2, 0.25) is 5.91 Å². The minimum Gasteiger partial charge on any atom is -0.497 e. The van der Waals surface area contributed by atoms with Gasteiger partial charge in [0.15, 0.2) is 6.10 Å². The van der Waals surface area contributed by atoms with Crippen LogP contribution in [0.4, 0.5) is 17.1 Å². The van der Waals surface area contributed by atoms with Crippen LogP contribution in [0.1, 0.15) is 13.8 Å². The maximum atomic E-state index is 12.9. The number of rotatable bonds is 9. The van der Waals surface area contributed by atoms with E-state index in [4.69, 9.17) is 9.47 Å². The molecule has 2 amide bonds. The Labute approximate surface area is 204 Å². The van der Waals surface area contributed by atoms with E-state index < -0.39 is 16.1 Å². The summed E-state index contributed by atoms with van der Waals surface area (Å²) in [5, 5.41) is 5.40. The molecule has 3 aromatic carbocycles. The molecule has 0 spiro atoms. The standard InChI is InChI=1S/C25H27N3O6S/c1-17(25(30)27-20-7-5-19(6-8-20)26-18(2)29)34-23-11-9-21(10-12-23)28(3)35(31,32)24-15-13-22(33-4)14-16-24/h5-17H,1-4H3,(H,26,29)(H,27,30)/t17-/m0/s1. The zero-order valence-corrected chi connectivity index (χ0v) is 20.6. The maximum Gasteiger partial charge on any atom is 0.265 e. The number of benzene rings is 3. The highest BCUT2D eigenvalue weighted by atomic mass is 32.2. The molecule has 3 rings (SSSR count). The van der Waals surface area contributed by atoms with Crippen molar-refractivity contribution in [3.63, 3.8) is 0 Å². The van der Waals surface area contributed by atoms with Gasteiger partial charge in [0.1, 0.15) is 11.5 Å². The van der Waals surface area contributed by atoms with E-state index in [1.54, 1.807) is 67.6 Å². The predicted molar refractivity (Wildman–Crippen MR) is 134 cm³/mol. The molecule has 10 heteroatoms. The van der Waals surface area contributed by atoms with E-state index in [0.29, 0.717) is 28.6 Å². The van der Waals surface area contributed by atoms with Crippen molar-refractivity contribution >= 4 is 38.9 Å². The van der Waals surface area contributed by atoms with Crippen LogP contribution in [-0.4, -0.2) is 40.5 Å². The van der Waals surface area contributed by atoms with Gasteiger partial charge in [-0.1, -0.05) is 0 Å². The van der Waals surface area contributed by atoms with Crippen LogP contribution >= 0.6 is 0 Å². The number of ether oxygens (including phenoxy) is 2. The van der Waals surface area contributed by atoms with Crippen LogP contribution in [0, 0.1) is 0 Å². The first-order chi connectivity index (χ1) is 16.6. The second kappa shape index (κ2) is 10.9. The molecule has 0 aliphatic heterocycles. The lowest BCUT2D eigenvalue weighted by atomic mass is 10.2. The number of carbonyl (C=O) groups excluding carboxylic acids is 2. The molecule has 0 radical (unpaired) electrons. The third-order valence-electron chi connectivity index (χ3n) is 5.07. The van der Waals surface area contributed by atoms with Gasteiger partial charge in [-0.15, -0.1) is 0 Å². The number of anilines is 3. The molecule has 0 aromatic heterocycles. The SMILES string of the molecule is COc1ccc(S(=O)(=O)N(C)c2ccc(O[C@@H](C)C(=O)Nc3ccc(NC(C)=O)cc3)cc2)cc1. The molecule has 2 N–H and O–H groups in total. The van der Waals surface area contributed by atoms with E-state index in [-0.39, 0.29) is 16.7 Å². The topological polar surface area (TPSA) is 114 Å². The highest BCUT2D eigenvalue weighted by Gasteiger charge is 2.22. The minimum absolute atomic E-state index is 0.136. The van der Waals surface area contributed by atoms with Crippen molar-refractivity contribution in [1.29, 1.82) is 0 Å². The third kappa shape index (κ3) is 6.51. The number of carbonyl (C=O) groups is 2. The first kappa shape index (κ1) is 25.6. The minimum atomic E-state index is -3.76. The normalized spacial score (nSPS) is 11.8. The smallest absolute Gasteiger partial charge is 0.265 e. The van der Waals surface area contributed by atoms with Crippen molar-refractivity contribution in [2.75, 3.05) is 29.1 Å². The molecule has 1 atom stereocenters. The number of hydrogen-bond donors (Lipinski definition) is 2. The van der Waals surface area contributed by atoms with Gasteiger partial charge in [-0.05, 0) is 79.7 Å². The second-order valence-corrected chi connectivity index (χ2v) is 9.62. The summed E-state index contributed by atoms with van der Waals surface area (Å²) in [6, 6.07) is 19.2. The van der Waals surface area contributed by atoms with E-state index in [1.165, 1.54) is 37.5 Å². The highest BCUT2D eigenvalue weighted by Crippen LogP contribution is 2.26. The van der Waals surface area contributed by atoms with Gasteiger partial charge in [0, 0.05) is 25.3 Å². The molecule has 3 aromatic rings. The molecular weight excluding hydrogens is 470 g/mol. The van der Waals surface area contributed by atoms with Gasteiger partial charge in [-0.25, -0.2) is 8.42 Å². The first-order valence-electron chi connectivity index (χ1n) is 10.7. The van der Waals surface area contributed by atoms with E-state index in [9.17, 15) is 18.0 Å². The summed E-state index contributed by atoms with van der Waals surface area (Å²) in [6.45, 7) is 3.02. The van der Waals surface area contributed by atoms with Gasteiger partial charge >= 0.3 is 0 Å². The lowest BCUT2D eigenvalue weighted by Gasteiger charge is -2.20. The Morgan fingerprint density at radius 3 is 1.86 bits per heavy atom. The zero-order chi connectivity index (χ0) is 25.6. The van der Waals surface area contributed by atoms with Crippen LogP contribution in [0.15, 0.2) is 77.7 Å². The summed E-state index contributed by atoms with van der Waals surface area (Å²) >= 11 is 0. The van der Waals surface area contributed by atoms with Crippen molar-refractivity contribution in [2.45, 2.75) is 24.8 Å². The molecule has 0 bridgehead atoms. The van der Waals surface area contributed by atoms with Crippen LogP contribution in [0.3, 0.4) is 0 Å². The summed E-state index contributed by atoms with van der Waals surface area (Å²) in [7, 11) is -0.790. The van der Waals surface area contributed by atoms with E-state index >= 15 is 0 Å². The molecule has 0 unspecified atom stereocenters. The molecular formula is C25H27N3O6S. The van der Waals surface area contributed by atoms with Gasteiger partial charge in [0.25, 0.3) is 15.9 Å². The van der Waals surface area contributed by atoms with Gasteiger partial charge in [-0.3, -0.25) is 13.9 Å². The number of amides is 2. The molecule has 0 heterocycles. The Balaban J connectivity index is 1.61. The van der Waals surface area contributed by atoms with Crippen molar-refractivity contribution in [2.24, 2.45) is 0 Å². The lowest BCUT2D eigenvalue weighted by molar-refractivity contribution is -0.122. The number of nitrogens with zero attached hydrogens (tertiary/aromatic N) is 1. The van der Waals surface area contributed by atoms with Crippen LogP contribution in [-0.2, 0) is 19.6 Å². The first-order valence-corrected chi connectivity index (χ1v) is 12.1. The highest BCUT2D eigenvalue weighted by molar-refractivity contribution is 7.92. The number of nitrogens with one attached hydrogen (secondary N) is 2. The fraction of sp³-hybridized carbons (Fsp3) is 0.200. The number of sulfonamides is 1. The van der Waals surface area contributed by atoms with Crippen LogP contribution in [0.25, 0.3) is 0 Å². The molecule has 35 heavy (non-hydrogen) atoms. The Hall–Kier alpha value is -4.05. The summed E-state index contributed by atoms with van der Waals surface area (Å²) in [5.74, 6) is 0.431. The third-order valence-corrected chi connectivity index (χ3v) is 6.87. The molecule has 0 fully saturated rings. The monoisotopic (exact) mass is 497 g/mol. The fourth-order valence-corrected chi connectivity index (χ4v) is 4.32. The largest absolute Gasteiger partial charge is 0.497 e. The Morgan fingerprint density at radius 2 is 1.34 bits per heavy atom. The molecule has 0 aliphatic rings. The van der Waals surface area contributed by atoms with E-state index in [2.05, 4.69) is 10.6 Å². The second-order valence-electron chi connectivity index (χ2n) is 7.65. The van der Waals surface area contributed by atoms with Crippen molar-refractivity contribution in [3.8, 4) is 11.5 Å². The van der Waals surface area contributed by atoms with Crippen molar-refractivity contribution in [1.82, 2.24) is 0 Å². The molecule has 184 valence electrons. The van der Waals surface area contributed by atoms with Gasteiger partial charge in [0.05, 0.1) is 17.7 Å². The van der Waals surface area contributed by atoms with Gasteiger partial charge < -0.3 is 20.1 Å². The lowest BCUT2D eigenvalue weighted by Crippen LogP contribution is -2.30. The summed E-state index contributed by atoms with van der Waals surface area (Å²) in [5.41, 5.74) is 1.61. The Morgan fingerprint density at radius 1 is 0.829 bits per heavy atom. The Kier molecular flexibility index (Phi) is 7.98. The molecule has 0 saturated carbocycles. The zero-order valence-electron chi connectivity index (χ0n) is 19.8. The average Bonchev–Trinajstić information content (AvgIpc) is 2.85. The Bertz CT molecular complexity index is 1270. The summed E-state index contributed by atoms with van der Waals surface area (Å²) in [4.78, 5) is 23.7. The predicted octanol–water partition coefficient (Wildman–Crippen LogP) is 3.88. The summed E-state index contributed by atoms with van der Waals surface area (Å²) in [6.07, 6.45) is -0.809. The average molecular weight is 498 g/mol. The molecule has 9 nitrogen and oxygen atoms in total.